The summed E-state index contributed by atoms with van der Waals surface area (Å²) in [6.45, 7) is 3.77. The van der Waals surface area contributed by atoms with Crippen molar-refractivity contribution in [1.29, 1.82) is 0 Å². The number of aliphatic hydroxyl groups is 1. The summed E-state index contributed by atoms with van der Waals surface area (Å²) in [5.74, 6) is 0.142. The molecule has 0 aromatic heterocycles. The Morgan fingerprint density at radius 3 is 2.50 bits per heavy atom. The summed E-state index contributed by atoms with van der Waals surface area (Å²) in [5.41, 5.74) is 1.08. The molecule has 0 bridgehead atoms. The van der Waals surface area contributed by atoms with E-state index in [1.165, 1.54) is 0 Å². The van der Waals surface area contributed by atoms with Crippen LogP contribution in [-0.4, -0.2) is 11.2 Å². The van der Waals surface area contributed by atoms with E-state index in [1.807, 2.05) is 31.2 Å². The predicted molar refractivity (Wildman–Crippen MR) is 51.5 cm³/mol. The number of benzene rings is 1. The Hall–Kier alpha value is -0.530. The van der Waals surface area contributed by atoms with Crippen LogP contribution >= 0.6 is 11.6 Å². The summed E-state index contributed by atoms with van der Waals surface area (Å²) in [4.78, 5) is 0. The average molecular weight is 185 g/mol. The van der Waals surface area contributed by atoms with Gasteiger partial charge in [0, 0.05) is 10.9 Å². The van der Waals surface area contributed by atoms with Gasteiger partial charge in [-0.15, -0.1) is 0 Å². The van der Waals surface area contributed by atoms with Crippen molar-refractivity contribution in [3.63, 3.8) is 0 Å². The third kappa shape index (κ3) is 2.23. The van der Waals surface area contributed by atoms with Crippen molar-refractivity contribution in [2.45, 2.75) is 25.9 Å². The van der Waals surface area contributed by atoms with Gasteiger partial charge in [0.1, 0.15) is 0 Å². The lowest BCUT2D eigenvalue weighted by atomic mass is 9.97. The first-order chi connectivity index (χ1) is 5.61. The lowest BCUT2D eigenvalue weighted by Crippen LogP contribution is -2.10. The summed E-state index contributed by atoms with van der Waals surface area (Å²) < 4.78 is 0. The van der Waals surface area contributed by atoms with Crippen LogP contribution in [0.1, 0.15) is 25.3 Å². The monoisotopic (exact) mass is 184 g/mol. The molecule has 1 nitrogen and oxygen atoms in total. The molecule has 0 aliphatic carbocycles. The van der Waals surface area contributed by atoms with Gasteiger partial charge in [-0.3, -0.25) is 0 Å². The van der Waals surface area contributed by atoms with Gasteiger partial charge in [-0.2, -0.15) is 0 Å². The minimum atomic E-state index is -0.330. The van der Waals surface area contributed by atoms with E-state index in [-0.39, 0.29) is 12.0 Å². The number of halogens is 1. The van der Waals surface area contributed by atoms with E-state index >= 15 is 0 Å². The maximum Gasteiger partial charge on any atom is 0.0577 e. The van der Waals surface area contributed by atoms with Gasteiger partial charge in [0.25, 0.3) is 0 Å². The molecule has 0 aliphatic rings. The standard InChI is InChI=1S/C10H13ClO/c1-7(8(2)12)9-4-3-5-10(11)6-9/h3-8,12H,1-2H3. The van der Waals surface area contributed by atoms with Gasteiger partial charge in [0.15, 0.2) is 0 Å². The molecule has 1 aromatic carbocycles. The van der Waals surface area contributed by atoms with Crippen LogP contribution in [0.25, 0.3) is 0 Å². The fraction of sp³-hybridized carbons (Fsp3) is 0.400. The van der Waals surface area contributed by atoms with E-state index < -0.39 is 0 Å². The number of hydrogen-bond acceptors (Lipinski definition) is 1. The largest absolute Gasteiger partial charge is 0.393 e. The fourth-order valence-electron chi connectivity index (χ4n) is 1.07. The van der Waals surface area contributed by atoms with Crippen molar-refractivity contribution in [2.75, 3.05) is 0 Å². The van der Waals surface area contributed by atoms with Crippen LogP contribution in [0.3, 0.4) is 0 Å². The zero-order valence-corrected chi connectivity index (χ0v) is 8.05. The second-order valence-electron chi connectivity index (χ2n) is 3.08. The van der Waals surface area contributed by atoms with Gasteiger partial charge >= 0.3 is 0 Å². The van der Waals surface area contributed by atoms with Crippen LogP contribution in [0.15, 0.2) is 24.3 Å². The summed E-state index contributed by atoms with van der Waals surface area (Å²) in [7, 11) is 0. The Balaban J connectivity index is 2.88. The average Bonchev–Trinajstić information content (AvgIpc) is 2.03. The Labute approximate surface area is 78.0 Å². The minimum Gasteiger partial charge on any atom is -0.393 e. The molecular formula is C10H13ClO. The van der Waals surface area contributed by atoms with E-state index in [4.69, 9.17) is 11.6 Å². The third-order valence-electron chi connectivity index (χ3n) is 2.10. The lowest BCUT2D eigenvalue weighted by molar-refractivity contribution is 0.169. The van der Waals surface area contributed by atoms with Crippen molar-refractivity contribution < 1.29 is 5.11 Å². The SMILES string of the molecule is CC(O)C(C)c1cccc(Cl)c1. The van der Waals surface area contributed by atoms with Gasteiger partial charge < -0.3 is 5.11 Å². The number of hydrogen-bond donors (Lipinski definition) is 1. The predicted octanol–water partition coefficient (Wildman–Crippen LogP) is 2.82. The number of aliphatic hydroxyl groups excluding tert-OH is 1. The summed E-state index contributed by atoms with van der Waals surface area (Å²) in [6, 6.07) is 7.60. The molecule has 0 fully saturated rings. The van der Waals surface area contributed by atoms with Crippen LogP contribution in [0.4, 0.5) is 0 Å². The Morgan fingerprint density at radius 2 is 2.00 bits per heavy atom. The van der Waals surface area contributed by atoms with E-state index in [9.17, 15) is 5.11 Å². The van der Waals surface area contributed by atoms with E-state index in [1.54, 1.807) is 6.92 Å². The normalized spacial score (nSPS) is 15.7. The van der Waals surface area contributed by atoms with Crippen molar-refractivity contribution >= 4 is 11.6 Å². The molecule has 2 atom stereocenters. The molecule has 2 unspecified atom stereocenters. The highest BCUT2D eigenvalue weighted by Gasteiger charge is 2.10. The molecule has 0 aliphatic heterocycles. The summed E-state index contributed by atoms with van der Waals surface area (Å²) in [5, 5.41) is 10.0. The van der Waals surface area contributed by atoms with Gasteiger partial charge in [0.05, 0.1) is 6.10 Å². The highest BCUT2D eigenvalue weighted by atomic mass is 35.5. The van der Waals surface area contributed by atoms with Gasteiger partial charge in [-0.25, -0.2) is 0 Å². The molecular weight excluding hydrogens is 172 g/mol. The van der Waals surface area contributed by atoms with E-state index in [2.05, 4.69) is 0 Å². The van der Waals surface area contributed by atoms with Crippen LogP contribution < -0.4 is 0 Å². The van der Waals surface area contributed by atoms with Crippen molar-refractivity contribution in [3.8, 4) is 0 Å². The van der Waals surface area contributed by atoms with Gasteiger partial charge in [-0.1, -0.05) is 30.7 Å². The molecule has 12 heavy (non-hydrogen) atoms. The molecule has 0 saturated carbocycles. The molecule has 66 valence electrons. The molecule has 0 spiro atoms. The topological polar surface area (TPSA) is 20.2 Å². The Bertz CT molecular complexity index is 258. The second-order valence-corrected chi connectivity index (χ2v) is 3.52. The smallest absolute Gasteiger partial charge is 0.0577 e. The quantitative estimate of drug-likeness (QED) is 0.750. The Morgan fingerprint density at radius 1 is 1.33 bits per heavy atom. The highest BCUT2D eigenvalue weighted by Crippen LogP contribution is 2.21. The fourth-order valence-corrected chi connectivity index (χ4v) is 1.27. The zero-order valence-electron chi connectivity index (χ0n) is 7.29. The molecule has 1 N–H and O–H groups in total. The first kappa shape index (κ1) is 9.56. The summed E-state index contributed by atoms with van der Waals surface area (Å²) in [6.07, 6.45) is -0.330. The second kappa shape index (κ2) is 3.92. The van der Waals surface area contributed by atoms with Crippen molar-refractivity contribution in [1.82, 2.24) is 0 Å². The summed E-state index contributed by atoms with van der Waals surface area (Å²) >= 11 is 5.81. The molecule has 1 rings (SSSR count). The minimum absolute atomic E-state index is 0.142. The van der Waals surface area contributed by atoms with Crippen molar-refractivity contribution in [2.24, 2.45) is 0 Å². The highest BCUT2D eigenvalue weighted by molar-refractivity contribution is 6.30. The molecule has 0 saturated heterocycles. The molecule has 0 radical (unpaired) electrons. The first-order valence-electron chi connectivity index (χ1n) is 4.05. The zero-order chi connectivity index (χ0) is 9.14. The van der Waals surface area contributed by atoms with E-state index in [0.717, 1.165) is 10.6 Å². The van der Waals surface area contributed by atoms with Gasteiger partial charge in [0.2, 0.25) is 0 Å². The molecule has 2 heteroatoms. The maximum atomic E-state index is 9.32. The van der Waals surface area contributed by atoms with Crippen LogP contribution in [0.5, 0.6) is 0 Å². The maximum absolute atomic E-state index is 9.32. The van der Waals surface area contributed by atoms with Gasteiger partial charge in [-0.05, 0) is 24.6 Å². The molecule has 0 amide bonds. The Kier molecular flexibility index (Phi) is 3.12. The first-order valence-corrected chi connectivity index (χ1v) is 4.42. The van der Waals surface area contributed by atoms with Crippen LogP contribution in [0.2, 0.25) is 5.02 Å². The molecule has 0 heterocycles. The van der Waals surface area contributed by atoms with E-state index in [0.29, 0.717) is 0 Å². The van der Waals surface area contributed by atoms with Crippen LogP contribution in [0, 0.1) is 0 Å². The van der Waals surface area contributed by atoms with Crippen molar-refractivity contribution in [3.05, 3.63) is 34.9 Å². The van der Waals surface area contributed by atoms with Crippen LogP contribution in [-0.2, 0) is 0 Å². The third-order valence-corrected chi connectivity index (χ3v) is 2.33. The molecule has 1 aromatic rings. The number of rotatable bonds is 2. The lowest BCUT2D eigenvalue weighted by Gasteiger charge is -2.14.